The van der Waals surface area contributed by atoms with Crippen molar-refractivity contribution in [3.05, 3.63) is 35.4 Å². The average molecular weight is 314 g/mol. The maximum absolute atomic E-state index is 13.3. The van der Waals surface area contributed by atoms with E-state index in [2.05, 4.69) is 24.1 Å². The summed E-state index contributed by atoms with van der Waals surface area (Å²) >= 11 is 0. The topological polar surface area (TPSA) is 15.3 Å². The van der Waals surface area contributed by atoms with E-state index < -0.39 is 11.7 Å². The second-order valence-corrected chi connectivity index (χ2v) is 6.36. The van der Waals surface area contributed by atoms with Crippen LogP contribution in [0, 0.1) is 5.92 Å². The minimum atomic E-state index is -4.29. The number of nitrogens with one attached hydrogen (secondary N) is 1. The Morgan fingerprint density at radius 3 is 2.32 bits per heavy atom. The van der Waals surface area contributed by atoms with E-state index in [9.17, 15) is 13.2 Å². The van der Waals surface area contributed by atoms with Gasteiger partial charge in [-0.3, -0.25) is 4.90 Å². The minimum Gasteiger partial charge on any atom is -0.314 e. The standard InChI is InChI=1S/C17H25F3N2/c1-13(2)7-8-16(22-11-9-21-10-12-22)14-5-3-4-6-15(14)17(18,19)20/h3-6,13,16,21H,7-12H2,1-2H3/t16-/m0/s1. The molecular formula is C17H25F3N2. The Kier molecular flexibility index (Phi) is 5.87. The van der Waals surface area contributed by atoms with E-state index in [1.807, 2.05) is 0 Å². The lowest BCUT2D eigenvalue weighted by atomic mass is 9.92. The number of benzene rings is 1. The molecule has 0 amide bonds. The molecule has 1 aromatic rings. The molecule has 0 aromatic heterocycles. The van der Waals surface area contributed by atoms with Gasteiger partial charge in [0.15, 0.2) is 0 Å². The van der Waals surface area contributed by atoms with Gasteiger partial charge in [0, 0.05) is 32.2 Å². The fraction of sp³-hybridized carbons (Fsp3) is 0.647. The number of hydrogen-bond acceptors (Lipinski definition) is 2. The minimum absolute atomic E-state index is 0.151. The van der Waals surface area contributed by atoms with E-state index in [1.165, 1.54) is 12.1 Å². The van der Waals surface area contributed by atoms with Gasteiger partial charge >= 0.3 is 6.18 Å². The number of piperazine rings is 1. The zero-order valence-electron chi connectivity index (χ0n) is 13.3. The van der Waals surface area contributed by atoms with Crippen LogP contribution in [0.5, 0.6) is 0 Å². The first-order chi connectivity index (χ1) is 10.4. The van der Waals surface area contributed by atoms with Gasteiger partial charge < -0.3 is 5.32 Å². The Morgan fingerprint density at radius 2 is 1.73 bits per heavy atom. The highest BCUT2D eigenvalue weighted by atomic mass is 19.4. The van der Waals surface area contributed by atoms with Crippen LogP contribution in [0.3, 0.4) is 0 Å². The highest BCUT2D eigenvalue weighted by molar-refractivity contribution is 5.32. The van der Waals surface area contributed by atoms with E-state index in [1.54, 1.807) is 12.1 Å². The first-order valence-electron chi connectivity index (χ1n) is 8.00. The lowest BCUT2D eigenvalue weighted by molar-refractivity contribution is -0.138. The van der Waals surface area contributed by atoms with Crippen molar-refractivity contribution in [1.82, 2.24) is 10.2 Å². The summed E-state index contributed by atoms with van der Waals surface area (Å²) in [6, 6.07) is 5.90. The molecule has 22 heavy (non-hydrogen) atoms. The normalized spacial score (nSPS) is 18.6. The molecule has 1 atom stereocenters. The molecule has 2 nitrogen and oxygen atoms in total. The molecule has 124 valence electrons. The summed E-state index contributed by atoms with van der Waals surface area (Å²) in [5.41, 5.74) is -0.0557. The summed E-state index contributed by atoms with van der Waals surface area (Å²) in [4.78, 5) is 2.20. The van der Waals surface area contributed by atoms with Gasteiger partial charge in [0.2, 0.25) is 0 Å². The van der Waals surface area contributed by atoms with Crippen LogP contribution >= 0.6 is 0 Å². The summed E-state index contributed by atoms with van der Waals surface area (Å²) in [6.07, 6.45) is -2.59. The number of rotatable bonds is 5. The Balaban J connectivity index is 2.31. The van der Waals surface area contributed by atoms with Crippen molar-refractivity contribution in [2.24, 2.45) is 5.92 Å². The third-order valence-corrected chi connectivity index (χ3v) is 4.24. The van der Waals surface area contributed by atoms with Crippen molar-refractivity contribution in [1.29, 1.82) is 0 Å². The van der Waals surface area contributed by atoms with Gasteiger partial charge in [-0.1, -0.05) is 32.0 Å². The molecule has 1 heterocycles. The van der Waals surface area contributed by atoms with Crippen LogP contribution in [0.1, 0.15) is 43.9 Å². The van der Waals surface area contributed by atoms with Crippen molar-refractivity contribution in [3.8, 4) is 0 Å². The van der Waals surface area contributed by atoms with Gasteiger partial charge in [-0.2, -0.15) is 13.2 Å². The number of alkyl halides is 3. The maximum atomic E-state index is 13.3. The second kappa shape index (κ2) is 7.47. The van der Waals surface area contributed by atoms with Crippen molar-refractivity contribution >= 4 is 0 Å². The smallest absolute Gasteiger partial charge is 0.314 e. The molecule has 1 N–H and O–H groups in total. The van der Waals surface area contributed by atoms with E-state index in [-0.39, 0.29) is 6.04 Å². The molecule has 1 aliphatic rings. The Hall–Kier alpha value is -1.07. The van der Waals surface area contributed by atoms with E-state index in [4.69, 9.17) is 0 Å². The molecule has 0 spiro atoms. The third kappa shape index (κ3) is 4.46. The molecule has 1 aliphatic heterocycles. The van der Waals surface area contributed by atoms with Crippen molar-refractivity contribution in [2.75, 3.05) is 26.2 Å². The Bertz CT molecular complexity index is 465. The molecule has 1 aromatic carbocycles. The molecule has 2 rings (SSSR count). The largest absolute Gasteiger partial charge is 0.416 e. The summed E-state index contributed by atoms with van der Waals surface area (Å²) in [5.74, 6) is 0.489. The van der Waals surface area contributed by atoms with Crippen LogP contribution in [-0.2, 0) is 6.18 Å². The lowest BCUT2D eigenvalue weighted by Gasteiger charge is -2.36. The molecule has 0 unspecified atom stereocenters. The molecule has 0 radical (unpaired) electrons. The monoisotopic (exact) mass is 314 g/mol. The molecule has 5 heteroatoms. The number of halogens is 3. The predicted octanol–water partition coefficient (Wildman–Crippen LogP) is 4.09. The molecule has 0 saturated carbocycles. The predicted molar refractivity (Wildman–Crippen MR) is 82.7 cm³/mol. The third-order valence-electron chi connectivity index (χ3n) is 4.24. The zero-order valence-corrected chi connectivity index (χ0v) is 13.3. The first kappa shape index (κ1) is 17.3. The highest BCUT2D eigenvalue weighted by Gasteiger charge is 2.36. The van der Waals surface area contributed by atoms with E-state index in [0.29, 0.717) is 11.5 Å². The molecular weight excluding hydrogens is 289 g/mol. The van der Waals surface area contributed by atoms with Crippen LogP contribution in [0.4, 0.5) is 13.2 Å². The lowest BCUT2D eigenvalue weighted by Crippen LogP contribution is -2.45. The van der Waals surface area contributed by atoms with Gasteiger partial charge in [-0.15, -0.1) is 0 Å². The fourth-order valence-corrected chi connectivity index (χ4v) is 3.07. The molecule has 0 aliphatic carbocycles. The van der Waals surface area contributed by atoms with E-state index >= 15 is 0 Å². The highest BCUT2D eigenvalue weighted by Crippen LogP contribution is 2.38. The fourth-order valence-electron chi connectivity index (χ4n) is 3.07. The van der Waals surface area contributed by atoms with Crippen LogP contribution in [0.15, 0.2) is 24.3 Å². The summed E-state index contributed by atoms with van der Waals surface area (Å²) < 4.78 is 40.0. The molecule has 0 bridgehead atoms. The van der Waals surface area contributed by atoms with Gasteiger partial charge in [0.25, 0.3) is 0 Å². The average Bonchev–Trinajstić information content (AvgIpc) is 2.48. The molecule has 1 fully saturated rings. The van der Waals surface area contributed by atoms with Gasteiger partial charge in [-0.25, -0.2) is 0 Å². The Morgan fingerprint density at radius 1 is 1.09 bits per heavy atom. The van der Waals surface area contributed by atoms with Crippen LogP contribution in [0.25, 0.3) is 0 Å². The summed E-state index contributed by atoms with van der Waals surface area (Å²) in [5, 5.41) is 3.27. The molecule has 1 saturated heterocycles. The van der Waals surface area contributed by atoms with Crippen molar-refractivity contribution in [2.45, 2.75) is 38.9 Å². The van der Waals surface area contributed by atoms with Gasteiger partial charge in [0.1, 0.15) is 0 Å². The first-order valence-corrected chi connectivity index (χ1v) is 8.00. The quantitative estimate of drug-likeness (QED) is 0.880. The zero-order chi connectivity index (χ0) is 16.2. The Labute approximate surface area is 130 Å². The van der Waals surface area contributed by atoms with Crippen molar-refractivity contribution in [3.63, 3.8) is 0 Å². The number of nitrogens with zero attached hydrogens (tertiary/aromatic N) is 1. The van der Waals surface area contributed by atoms with Crippen LogP contribution < -0.4 is 5.32 Å². The summed E-state index contributed by atoms with van der Waals surface area (Å²) in [6.45, 7) is 7.51. The van der Waals surface area contributed by atoms with Crippen LogP contribution in [0.2, 0.25) is 0 Å². The maximum Gasteiger partial charge on any atom is 0.416 e. The second-order valence-electron chi connectivity index (χ2n) is 6.36. The number of hydrogen-bond donors (Lipinski definition) is 1. The van der Waals surface area contributed by atoms with Crippen molar-refractivity contribution < 1.29 is 13.2 Å². The van der Waals surface area contributed by atoms with Crippen LogP contribution in [-0.4, -0.2) is 31.1 Å². The SMILES string of the molecule is CC(C)CC[C@@H](c1ccccc1C(F)(F)F)N1CCNCC1. The van der Waals surface area contributed by atoms with Gasteiger partial charge in [-0.05, 0) is 30.4 Å². The summed E-state index contributed by atoms with van der Waals surface area (Å²) in [7, 11) is 0. The van der Waals surface area contributed by atoms with E-state index in [0.717, 1.165) is 39.0 Å². The van der Waals surface area contributed by atoms with Gasteiger partial charge in [0.05, 0.1) is 5.56 Å².